The quantitative estimate of drug-likeness (QED) is 0.248. The van der Waals surface area contributed by atoms with Gasteiger partial charge in [0.1, 0.15) is 0 Å². The fourth-order valence-electron chi connectivity index (χ4n) is 2.44. The average molecular weight is 251 g/mol. The van der Waals surface area contributed by atoms with Crippen molar-refractivity contribution in [2.45, 2.75) is 97.3 Å². The monoisotopic (exact) mass is 251 g/mol. The largest absolute Gasteiger partial charge is 0.0853 e. The minimum absolute atomic E-state index is 0.971. The lowest BCUT2D eigenvalue weighted by molar-refractivity contribution is 0.600. The summed E-state index contributed by atoms with van der Waals surface area (Å²) in [5.41, 5.74) is 1.68. The molecule has 0 unspecified atom stereocenters. The molecule has 1 radical (unpaired) electrons. The van der Waals surface area contributed by atoms with Gasteiger partial charge in [-0.3, -0.25) is 0 Å². The summed E-state index contributed by atoms with van der Waals surface area (Å²) in [7, 11) is 0. The molecule has 0 heteroatoms. The first-order valence-corrected chi connectivity index (χ1v) is 8.32. The zero-order valence-corrected chi connectivity index (χ0v) is 13.0. The summed E-state index contributed by atoms with van der Waals surface area (Å²) >= 11 is 0. The number of unbranched alkanes of at least 4 members (excludes halogenated alkanes) is 8. The molecule has 0 spiro atoms. The Hall–Kier alpha value is -0.260. The zero-order valence-electron chi connectivity index (χ0n) is 13.0. The Bertz CT molecular complexity index is 162. The molecule has 0 bridgehead atoms. The van der Waals surface area contributed by atoms with E-state index in [0.717, 1.165) is 6.42 Å². The van der Waals surface area contributed by atoms with E-state index in [-0.39, 0.29) is 0 Å². The van der Waals surface area contributed by atoms with Crippen molar-refractivity contribution in [3.8, 4) is 0 Å². The molecular weight excluding hydrogens is 216 g/mol. The maximum absolute atomic E-state index is 3.96. The van der Waals surface area contributed by atoms with Crippen molar-refractivity contribution in [3.63, 3.8) is 0 Å². The van der Waals surface area contributed by atoms with Gasteiger partial charge in [-0.05, 0) is 39.0 Å². The Morgan fingerprint density at radius 2 is 1.17 bits per heavy atom. The molecule has 18 heavy (non-hydrogen) atoms. The van der Waals surface area contributed by atoms with Crippen molar-refractivity contribution >= 4 is 0 Å². The van der Waals surface area contributed by atoms with Crippen LogP contribution in [0.1, 0.15) is 97.3 Å². The molecule has 0 amide bonds. The van der Waals surface area contributed by atoms with E-state index in [9.17, 15) is 0 Å². The molecule has 0 heterocycles. The fourth-order valence-corrected chi connectivity index (χ4v) is 2.44. The minimum Gasteiger partial charge on any atom is -0.0853 e. The van der Waals surface area contributed by atoms with Gasteiger partial charge in [0.25, 0.3) is 0 Å². The predicted octanol–water partition coefficient (Wildman–Crippen LogP) is 6.86. The molecule has 0 aliphatic rings. The number of hydrogen-bond acceptors (Lipinski definition) is 0. The molecule has 0 aromatic carbocycles. The van der Waals surface area contributed by atoms with Gasteiger partial charge in [-0.25, -0.2) is 0 Å². The summed E-state index contributed by atoms with van der Waals surface area (Å²) in [4.78, 5) is 0. The number of rotatable bonds is 13. The highest BCUT2D eigenvalue weighted by Gasteiger charge is 1.98. The first-order valence-electron chi connectivity index (χ1n) is 8.32. The summed E-state index contributed by atoms with van der Waals surface area (Å²) < 4.78 is 0. The van der Waals surface area contributed by atoms with Gasteiger partial charge >= 0.3 is 0 Å². The number of allylic oxidation sites excluding steroid dienone is 2. The van der Waals surface area contributed by atoms with Crippen LogP contribution >= 0.6 is 0 Å². The van der Waals surface area contributed by atoms with Crippen LogP contribution in [-0.4, -0.2) is 0 Å². The van der Waals surface area contributed by atoms with Gasteiger partial charge in [0, 0.05) is 0 Å². The molecule has 0 aliphatic heterocycles. The zero-order chi connectivity index (χ0) is 13.5. The molecule has 0 saturated heterocycles. The van der Waals surface area contributed by atoms with Crippen LogP contribution < -0.4 is 0 Å². The van der Waals surface area contributed by atoms with Crippen molar-refractivity contribution in [1.29, 1.82) is 0 Å². The van der Waals surface area contributed by atoms with Crippen molar-refractivity contribution in [2.75, 3.05) is 0 Å². The van der Waals surface area contributed by atoms with E-state index >= 15 is 0 Å². The Morgan fingerprint density at radius 1 is 0.722 bits per heavy atom. The second kappa shape index (κ2) is 14.8. The molecule has 0 fully saturated rings. The Kier molecular flexibility index (Phi) is 14.6. The van der Waals surface area contributed by atoms with E-state index in [1.54, 1.807) is 5.57 Å². The highest BCUT2D eigenvalue weighted by atomic mass is 14.0. The summed E-state index contributed by atoms with van der Waals surface area (Å²) in [5, 5.41) is 0. The molecule has 107 valence electrons. The molecule has 0 aromatic rings. The van der Waals surface area contributed by atoms with Gasteiger partial charge in [0.05, 0.1) is 0 Å². The normalized spacial score (nSPS) is 10.6. The standard InChI is InChI=1S/C18H35/c1-4-7-9-11-13-16-18(15-6-3)17-14-12-10-8-5-2/h15H,3-14,16-17H2,1-2H3. The molecule has 0 saturated carbocycles. The molecule has 0 atom stereocenters. The maximum Gasteiger partial charge on any atom is -0.0320 e. The van der Waals surface area contributed by atoms with Crippen LogP contribution in [0.2, 0.25) is 0 Å². The van der Waals surface area contributed by atoms with Crippen LogP contribution in [0.3, 0.4) is 0 Å². The lowest BCUT2D eigenvalue weighted by Gasteiger charge is -2.07. The van der Waals surface area contributed by atoms with E-state index in [1.165, 1.54) is 77.0 Å². The third-order valence-electron chi connectivity index (χ3n) is 3.64. The van der Waals surface area contributed by atoms with Crippen LogP contribution in [0.5, 0.6) is 0 Å². The molecular formula is C18H35. The third-order valence-corrected chi connectivity index (χ3v) is 3.64. The molecule has 0 rings (SSSR count). The average Bonchev–Trinajstić information content (AvgIpc) is 2.38. The van der Waals surface area contributed by atoms with Gasteiger partial charge in [-0.15, -0.1) is 0 Å². The smallest absolute Gasteiger partial charge is 0.0320 e. The van der Waals surface area contributed by atoms with Crippen molar-refractivity contribution in [2.24, 2.45) is 0 Å². The first kappa shape index (κ1) is 17.7. The summed E-state index contributed by atoms with van der Waals surface area (Å²) in [6.45, 7) is 8.53. The lowest BCUT2D eigenvalue weighted by atomic mass is 9.99. The third kappa shape index (κ3) is 12.2. The Balaban J connectivity index is 3.56. The van der Waals surface area contributed by atoms with Crippen molar-refractivity contribution in [1.82, 2.24) is 0 Å². The first-order chi connectivity index (χ1) is 8.85. The lowest BCUT2D eigenvalue weighted by Crippen LogP contribution is -1.88. The predicted molar refractivity (Wildman–Crippen MR) is 84.8 cm³/mol. The summed E-state index contributed by atoms with van der Waals surface area (Å²) in [5.74, 6) is 0. The SMILES string of the molecule is [CH2]CC=C(CCCCCCC)CCCCCCC. The van der Waals surface area contributed by atoms with E-state index < -0.39 is 0 Å². The van der Waals surface area contributed by atoms with E-state index in [2.05, 4.69) is 26.8 Å². The Labute approximate surface area is 116 Å². The summed E-state index contributed by atoms with van der Waals surface area (Å²) in [6, 6.07) is 0. The van der Waals surface area contributed by atoms with Gasteiger partial charge in [-0.1, -0.05) is 76.9 Å². The molecule has 0 aliphatic carbocycles. The van der Waals surface area contributed by atoms with Crippen LogP contribution in [0, 0.1) is 6.92 Å². The summed E-state index contributed by atoms with van der Waals surface area (Å²) in [6.07, 6.45) is 20.0. The van der Waals surface area contributed by atoms with E-state index in [4.69, 9.17) is 0 Å². The second-order valence-corrected chi connectivity index (χ2v) is 5.48. The van der Waals surface area contributed by atoms with Gasteiger partial charge in [-0.2, -0.15) is 0 Å². The van der Waals surface area contributed by atoms with E-state index in [1.807, 2.05) is 0 Å². The Morgan fingerprint density at radius 3 is 1.56 bits per heavy atom. The van der Waals surface area contributed by atoms with Crippen LogP contribution in [0.4, 0.5) is 0 Å². The second-order valence-electron chi connectivity index (χ2n) is 5.48. The highest BCUT2D eigenvalue weighted by Crippen LogP contribution is 2.18. The van der Waals surface area contributed by atoms with Crippen molar-refractivity contribution in [3.05, 3.63) is 18.6 Å². The van der Waals surface area contributed by atoms with Crippen LogP contribution in [-0.2, 0) is 0 Å². The highest BCUT2D eigenvalue weighted by molar-refractivity contribution is 5.02. The number of hydrogen-bond donors (Lipinski definition) is 0. The topological polar surface area (TPSA) is 0 Å². The van der Waals surface area contributed by atoms with Gasteiger partial charge in [0.2, 0.25) is 0 Å². The van der Waals surface area contributed by atoms with E-state index in [0.29, 0.717) is 0 Å². The molecule has 0 aromatic heterocycles. The minimum atomic E-state index is 0.971. The van der Waals surface area contributed by atoms with Crippen molar-refractivity contribution < 1.29 is 0 Å². The van der Waals surface area contributed by atoms with Crippen LogP contribution in [0.25, 0.3) is 0 Å². The maximum atomic E-state index is 3.96. The van der Waals surface area contributed by atoms with Crippen LogP contribution in [0.15, 0.2) is 11.6 Å². The molecule has 0 nitrogen and oxygen atoms in total. The van der Waals surface area contributed by atoms with Gasteiger partial charge < -0.3 is 0 Å². The molecule has 0 N–H and O–H groups in total. The van der Waals surface area contributed by atoms with Gasteiger partial charge in [0.15, 0.2) is 0 Å². The fraction of sp³-hybridized carbons (Fsp3) is 0.833.